The molecule has 0 saturated heterocycles. The van der Waals surface area contributed by atoms with Crippen molar-refractivity contribution in [3.8, 4) is 11.5 Å². The third kappa shape index (κ3) is 7.03. The summed E-state index contributed by atoms with van der Waals surface area (Å²) in [5.74, 6) is 2.40. The van der Waals surface area contributed by atoms with Gasteiger partial charge in [-0.25, -0.2) is 0 Å². The molecule has 2 N–H and O–H groups in total. The van der Waals surface area contributed by atoms with Gasteiger partial charge in [-0.15, -0.1) is 24.0 Å². The zero-order valence-electron chi connectivity index (χ0n) is 17.2. The predicted octanol–water partition coefficient (Wildman–Crippen LogP) is 3.42. The van der Waals surface area contributed by atoms with E-state index >= 15 is 0 Å². The third-order valence-electron chi connectivity index (χ3n) is 4.88. The summed E-state index contributed by atoms with van der Waals surface area (Å²) in [5.41, 5.74) is 1.16. The lowest BCUT2D eigenvalue weighted by molar-refractivity contribution is 0.303. The molecule has 7 heteroatoms. The quantitative estimate of drug-likeness (QED) is 0.332. The Bertz CT molecular complexity index is 589. The highest BCUT2D eigenvalue weighted by Crippen LogP contribution is 2.31. The van der Waals surface area contributed by atoms with Crippen LogP contribution in [-0.4, -0.2) is 58.3 Å². The Labute approximate surface area is 181 Å². The maximum atomic E-state index is 5.46. The smallest absolute Gasteiger partial charge is 0.191 e. The summed E-state index contributed by atoms with van der Waals surface area (Å²) in [5, 5.41) is 6.95. The minimum atomic E-state index is 0. The summed E-state index contributed by atoms with van der Waals surface area (Å²) in [4.78, 5) is 7.04. The minimum absolute atomic E-state index is 0. The fourth-order valence-corrected chi connectivity index (χ4v) is 3.39. The number of benzene rings is 1. The molecule has 27 heavy (non-hydrogen) atoms. The highest BCUT2D eigenvalue weighted by molar-refractivity contribution is 14.0. The van der Waals surface area contributed by atoms with Gasteiger partial charge >= 0.3 is 0 Å². The van der Waals surface area contributed by atoms with E-state index in [1.807, 2.05) is 12.1 Å². The second-order valence-electron chi connectivity index (χ2n) is 6.94. The van der Waals surface area contributed by atoms with E-state index in [1.165, 1.54) is 25.7 Å². The van der Waals surface area contributed by atoms with Crippen LogP contribution in [0.1, 0.15) is 44.2 Å². The lowest BCUT2D eigenvalue weighted by Gasteiger charge is -2.25. The number of rotatable bonds is 8. The lowest BCUT2D eigenvalue weighted by atomic mass is 10.1. The van der Waals surface area contributed by atoms with E-state index in [0.717, 1.165) is 29.6 Å². The first-order valence-corrected chi connectivity index (χ1v) is 9.52. The third-order valence-corrected chi connectivity index (χ3v) is 4.88. The van der Waals surface area contributed by atoms with Crippen LogP contribution in [0, 0.1) is 0 Å². The largest absolute Gasteiger partial charge is 0.493 e. The van der Waals surface area contributed by atoms with Gasteiger partial charge in [-0.1, -0.05) is 18.9 Å². The molecule has 2 rings (SSSR count). The number of nitrogens with one attached hydrogen (secondary N) is 2. The van der Waals surface area contributed by atoms with Crippen molar-refractivity contribution in [3.05, 3.63) is 23.8 Å². The van der Waals surface area contributed by atoms with Crippen LogP contribution in [0.4, 0.5) is 0 Å². The van der Waals surface area contributed by atoms with Gasteiger partial charge in [0.25, 0.3) is 0 Å². The standard InChI is InChI=1S/C20H34N4O2.HI/c1-6-21-20(23-16-9-7-8-10-16)22-14-17(24(2)3)15-11-12-18(25-4)19(13-15)26-5;/h11-13,16-17H,6-10,14H2,1-5H3,(H2,21,22,23);1H. The van der Waals surface area contributed by atoms with Crippen LogP contribution in [0.5, 0.6) is 11.5 Å². The number of guanidine groups is 1. The second-order valence-corrected chi connectivity index (χ2v) is 6.94. The molecule has 0 aromatic heterocycles. The number of nitrogens with zero attached hydrogens (tertiary/aromatic N) is 2. The number of hydrogen-bond acceptors (Lipinski definition) is 4. The van der Waals surface area contributed by atoms with E-state index in [2.05, 4.69) is 42.6 Å². The molecule has 6 nitrogen and oxygen atoms in total. The molecule has 0 bridgehead atoms. The van der Waals surface area contributed by atoms with Crippen LogP contribution < -0.4 is 20.1 Å². The molecule has 1 aromatic rings. The number of likely N-dealkylation sites (N-methyl/N-ethyl adjacent to an activating group) is 1. The Morgan fingerprint density at radius 3 is 2.41 bits per heavy atom. The van der Waals surface area contributed by atoms with Gasteiger partial charge in [-0.2, -0.15) is 0 Å². The first-order valence-electron chi connectivity index (χ1n) is 9.52. The fourth-order valence-electron chi connectivity index (χ4n) is 3.39. The van der Waals surface area contributed by atoms with Gasteiger partial charge in [0.15, 0.2) is 17.5 Å². The number of halogens is 1. The molecule has 1 aromatic carbocycles. The molecule has 1 aliphatic carbocycles. The van der Waals surface area contributed by atoms with Crippen molar-refractivity contribution in [2.75, 3.05) is 41.4 Å². The van der Waals surface area contributed by atoms with Crippen molar-refractivity contribution >= 4 is 29.9 Å². The molecule has 1 fully saturated rings. The van der Waals surface area contributed by atoms with Crippen LogP contribution in [0.3, 0.4) is 0 Å². The van der Waals surface area contributed by atoms with Crippen molar-refractivity contribution in [3.63, 3.8) is 0 Å². The van der Waals surface area contributed by atoms with Gasteiger partial charge in [0.1, 0.15) is 0 Å². The molecule has 0 radical (unpaired) electrons. The first-order chi connectivity index (χ1) is 12.6. The summed E-state index contributed by atoms with van der Waals surface area (Å²) in [6, 6.07) is 6.78. The summed E-state index contributed by atoms with van der Waals surface area (Å²) >= 11 is 0. The Morgan fingerprint density at radius 1 is 1.19 bits per heavy atom. The molecular weight excluding hydrogens is 455 g/mol. The Hall–Kier alpha value is -1.22. The van der Waals surface area contributed by atoms with E-state index in [0.29, 0.717) is 12.6 Å². The molecule has 0 heterocycles. The Morgan fingerprint density at radius 2 is 1.85 bits per heavy atom. The average Bonchev–Trinajstić information content (AvgIpc) is 3.14. The normalized spacial score (nSPS) is 16.0. The van der Waals surface area contributed by atoms with Crippen LogP contribution in [0.2, 0.25) is 0 Å². The molecular formula is C20H35IN4O2. The van der Waals surface area contributed by atoms with Gasteiger partial charge in [-0.3, -0.25) is 4.99 Å². The van der Waals surface area contributed by atoms with E-state index in [9.17, 15) is 0 Å². The van der Waals surface area contributed by atoms with Crippen molar-refractivity contribution < 1.29 is 9.47 Å². The van der Waals surface area contributed by atoms with Crippen molar-refractivity contribution in [2.45, 2.75) is 44.7 Å². The van der Waals surface area contributed by atoms with E-state index in [4.69, 9.17) is 14.5 Å². The number of ether oxygens (including phenoxy) is 2. The van der Waals surface area contributed by atoms with Gasteiger partial charge in [-0.05, 0) is 51.6 Å². The lowest BCUT2D eigenvalue weighted by Crippen LogP contribution is -2.42. The van der Waals surface area contributed by atoms with Crippen molar-refractivity contribution in [1.29, 1.82) is 0 Å². The second kappa shape index (κ2) is 12.3. The monoisotopic (exact) mass is 490 g/mol. The molecule has 1 unspecified atom stereocenters. The number of aliphatic imine (C=N–C) groups is 1. The average molecular weight is 490 g/mol. The van der Waals surface area contributed by atoms with E-state index in [1.54, 1.807) is 14.2 Å². The summed E-state index contributed by atoms with van der Waals surface area (Å²) in [6.45, 7) is 3.63. The van der Waals surface area contributed by atoms with Gasteiger partial charge in [0.05, 0.1) is 26.8 Å². The number of hydrogen-bond donors (Lipinski definition) is 2. The molecule has 154 valence electrons. The highest BCUT2D eigenvalue weighted by Gasteiger charge is 2.19. The van der Waals surface area contributed by atoms with Gasteiger partial charge in [0.2, 0.25) is 0 Å². The number of methoxy groups -OCH3 is 2. The van der Waals surface area contributed by atoms with E-state index < -0.39 is 0 Å². The zero-order valence-corrected chi connectivity index (χ0v) is 19.6. The maximum absolute atomic E-state index is 5.46. The summed E-state index contributed by atoms with van der Waals surface area (Å²) < 4.78 is 10.8. The topological polar surface area (TPSA) is 58.1 Å². The van der Waals surface area contributed by atoms with Crippen LogP contribution in [-0.2, 0) is 0 Å². The molecule has 0 amide bonds. The van der Waals surface area contributed by atoms with Crippen molar-refractivity contribution in [2.24, 2.45) is 4.99 Å². The minimum Gasteiger partial charge on any atom is -0.493 e. The fraction of sp³-hybridized carbons (Fsp3) is 0.650. The molecule has 0 aliphatic heterocycles. The zero-order chi connectivity index (χ0) is 18.9. The Kier molecular flexibility index (Phi) is 10.8. The van der Waals surface area contributed by atoms with Crippen LogP contribution in [0.15, 0.2) is 23.2 Å². The predicted molar refractivity (Wildman–Crippen MR) is 123 cm³/mol. The first kappa shape index (κ1) is 23.8. The highest BCUT2D eigenvalue weighted by atomic mass is 127. The van der Waals surface area contributed by atoms with E-state index in [-0.39, 0.29) is 30.0 Å². The molecule has 1 aliphatic rings. The van der Waals surface area contributed by atoms with Crippen molar-refractivity contribution in [1.82, 2.24) is 15.5 Å². The Balaban J connectivity index is 0.00000364. The van der Waals surface area contributed by atoms with Gasteiger partial charge in [0, 0.05) is 12.6 Å². The molecule has 1 atom stereocenters. The SMILES string of the molecule is CCNC(=NCC(c1ccc(OC)c(OC)c1)N(C)C)NC1CCCC1.I. The summed E-state index contributed by atoms with van der Waals surface area (Å²) in [7, 11) is 7.48. The molecule has 0 spiro atoms. The maximum Gasteiger partial charge on any atom is 0.191 e. The van der Waals surface area contributed by atoms with Crippen LogP contribution in [0.25, 0.3) is 0 Å². The van der Waals surface area contributed by atoms with Gasteiger partial charge < -0.3 is 25.0 Å². The summed E-state index contributed by atoms with van der Waals surface area (Å²) in [6.07, 6.45) is 5.08. The molecule has 1 saturated carbocycles. The van der Waals surface area contributed by atoms with Crippen LogP contribution >= 0.6 is 24.0 Å².